The van der Waals surface area contributed by atoms with E-state index in [1.165, 1.54) is 0 Å². The molecule has 7 rings (SSSR count). The lowest BCUT2D eigenvalue weighted by Gasteiger charge is -2.31. The zero-order valence-electron chi connectivity index (χ0n) is 19.9. The molecule has 3 N–H and O–H groups in total. The standard InChI is InChI=1S/C26H23N3O8/c1-2-26(34)14-5-17-22-12(7-29(17)24(32)13(14)9-35-25(26)33)21-15(27-19(31)8-30)4-3-11-20(21)16(28-22)6-18-23(11)37-10-36-18/h5-6,15,30,34H,2-4,7-10H2,1H3,(H,27,31)/t15-,26-/m0/s1. The van der Waals surface area contributed by atoms with Crippen LogP contribution < -0.4 is 20.3 Å². The molecule has 0 fully saturated rings. The number of benzene rings is 1. The monoisotopic (exact) mass is 505 g/mol. The summed E-state index contributed by atoms with van der Waals surface area (Å²) >= 11 is 0. The Bertz CT molecular complexity index is 1630. The second-order valence-corrected chi connectivity index (χ2v) is 9.76. The van der Waals surface area contributed by atoms with Crippen molar-refractivity contribution in [1.29, 1.82) is 0 Å². The molecule has 11 nitrogen and oxygen atoms in total. The van der Waals surface area contributed by atoms with Crippen molar-refractivity contribution in [2.45, 2.75) is 51.0 Å². The molecule has 1 aliphatic carbocycles. The molecule has 37 heavy (non-hydrogen) atoms. The number of nitrogens with one attached hydrogen (secondary N) is 1. The smallest absolute Gasteiger partial charge is 0.343 e. The van der Waals surface area contributed by atoms with E-state index >= 15 is 0 Å². The van der Waals surface area contributed by atoms with Crippen LogP contribution in [0.3, 0.4) is 0 Å². The van der Waals surface area contributed by atoms with Crippen molar-refractivity contribution in [2.24, 2.45) is 0 Å². The van der Waals surface area contributed by atoms with Crippen LogP contribution in [0.15, 0.2) is 16.9 Å². The van der Waals surface area contributed by atoms with Gasteiger partial charge in [0.05, 0.1) is 35.1 Å². The molecule has 3 aliphatic heterocycles. The van der Waals surface area contributed by atoms with Crippen LogP contribution in [-0.2, 0) is 39.5 Å². The molecule has 2 atom stereocenters. The number of fused-ring (bicyclic) bond motifs is 7. The number of aryl methyl sites for hydroxylation is 1. The van der Waals surface area contributed by atoms with Crippen molar-refractivity contribution in [3.63, 3.8) is 0 Å². The summed E-state index contributed by atoms with van der Waals surface area (Å²) in [5.74, 6) is -0.0348. The number of carbonyl (C=O) groups is 2. The van der Waals surface area contributed by atoms with Crippen LogP contribution in [0.5, 0.6) is 11.5 Å². The second kappa shape index (κ2) is 7.53. The van der Waals surface area contributed by atoms with Gasteiger partial charge in [-0.1, -0.05) is 6.92 Å². The number of pyridine rings is 2. The molecule has 0 saturated carbocycles. The molecule has 0 radical (unpaired) electrons. The molecule has 4 aliphatic rings. The molecular formula is C26H23N3O8. The summed E-state index contributed by atoms with van der Waals surface area (Å²) in [7, 11) is 0. The summed E-state index contributed by atoms with van der Waals surface area (Å²) in [6, 6.07) is 3.04. The number of aliphatic hydroxyl groups excluding tert-OH is 1. The summed E-state index contributed by atoms with van der Waals surface area (Å²) in [5, 5.41) is 24.3. The van der Waals surface area contributed by atoms with E-state index in [1.807, 2.05) is 0 Å². The molecule has 1 amide bonds. The number of aromatic nitrogens is 2. The highest BCUT2D eigenvalue weighted by Crippen LogP contribution is 2.50. The summed E-state index contributed by atoms with van der Waals surface area (Å²) in [4.78, 5) is 43.3. The molecule has 1 aromatic carbocycles. The van der Waals surface area contributed by atoms with Gasteiger partial charge >= 0.3 is 5.97 Å². The van der Waals surface area contributed by atoms with E-state index in [4.69, 9.17) is 19.2 Å². The number of nitrogens with zero attached hydrogens (tertiary/aromatic N) is 2. The largest absolute Gasteiger partial charge is 0.458 e. The third-order valence-electron chi connectivity index (χ3n) is 7.97. The van der Waals surface area contributed by atoms with E-state index in [0.29, 0.717) is 41.2 Å². The van der Waals surface area contributed by atoms with Crippen LogP contribution in [0.2, 0.25) is 0 Å². The van der Waals surface area contributed by atoms with Crippen LogP contribution in [0.4, 0.5) is 0 Å². The second-order valence-electron chi connectivity index (χ2n) is 9.76. The molecule has 190 valence electrons. The van der Waals surface area contributed by atoms with Crippen LogP contribution in [-0.4, -0.2) is 45.0 Å². The lowest BCUT2D eigenvalue weighted by atomic mass is 9.82. The first-order valence-corrected chi connectivity index (χ1v) is 12.2. The predicted octanol–water partition coefficient (Wildman–Crippen LogP) is 0.904. The van der Waals surface area contributed by atoms with E-state index in [2.05, 4.69) is 5.32 Å². The number of hydrogen-bond acceptors (Lipinski definition) is 9. The van der Waals surface area contributed by atoms with Gasteiger partial charge in [0.25, 0.3) is 5.56 Å². The van der Waals surface area contributed by atoms with Crippen LogP contribution >= 0.6 is 0 Å². The van der Waals surface area contributed by atoms with Gasteiger partial charge in [0, 0.05) is 28.1 Å². The number of carbonyl (C=O) groups excluding carboxylic acids is 2. The Morgan fingerprint density at radius 1 is 1.22 bits per heavy atom. The van der Waals surface area contributed by atoms with E-state index < -0.39 is 30.1 Å². The highest BCUT2D eigenvalue weighted by Gasteiger charge is 2.46. The molecule has 5 heterocycles. The first-order chi connectivity index (χ1) is 17.9. The summed E-state index contributed by atoms with van der Waals surface area (Å²) in [6.07, 6.45) is 1.22. The Kier molecular flexibility index (Phi) is 4.53. The average molecular weight is 505 g/mol. The zero-order chi connectivity index (χ0) is 25.6. The minimum absolute atomic E-state index is 0.0487. The molecule has 2 aromatic heterocycles. The highest BCUT2D eigenvalue weighted by atomic mass is 16.7. The third-order valence-corrected chi connectivity index (χ3v) is 7.97. The van der Waals surface area contributed by atoms with Crippen LogP contribution in [0, 0.1) is 0 Å². The summed E-state index contributed by atoms with van der Waals surface area (Å²) in [5.41, 5.74) is 2.36. The maximum atomic E-state index is 13.6. The molecule has 0 saturated heterocycles. The van der Waals surface area contributed by atoms with Crippen molar-refractivity contribution in [3.8, 4) is 22.9 Å². The summed E-state index contributed by atoms with van der Waals surface area (Å²) in [6.45, 7) is 1.11. The van der Waals surface area contributed by atoms with Gasteiger partial charge in [-0.2, -0.15) is 0 Å². The quantitative estimate of drug-likeness (QED) is 0.345. The maximum Gasteiger partial charge on any atom is 0.343 e. The number of hydrogen-bond donors (Lipinski definition) is 3. The molecule has 0 spiro atoms. The predicted molar refractivity (Wildman–Crippen MR) is 127 cm³/mol. The molecular weight excluding hydrogens is 482 g/mol. The highest BCUT2D eigenvalue weighted by molar-refractivity contribution is 5.96. The van der Waals surface area contributed by atoms with E-state index in [0.717, 1.165) is 22.1 Å². The van der Waals surface area contributed by atoms with Gasteiger partial charge in [0.15, 0.2) is 17.1 Å². The average Bonchev–Trinajstić information content (AvgIpc) is 3.52. The Morgan fingerprint density at radius 3 is 2.84 bits per heavy atom. The fraction of sp³-hybridized carbons (Fsp3) is 0.385. The molecule has 0 unspecified atom stereocenters. The number of amides is 1. The lowest BCUT2D eigenvalue weighted by molar-refractivity contribution is -0.172. The number of aliphatic hydroxyl groups is 2. The Morgan fingerprint density at radius 2 is 2.05 bits per heavy atom. The topological polar surface area (TPSA) is 149 Å². The van der Waals surface area contributed by atoms with Crippen LogP contribution in [0.1, 0.15) is 53.6 Å². The lowest BCUT2D eigenvalue weighted by Crippen LogP contribution is -2.44. The van der Waals surface area contributed by atoms with Crippen molar-refractivity contribution >= 4 is 22.8 Å². The van der Waals surface area contributed by atoms with Crippen molar-refractivity contribution in [1.82, 2.24) is 14.9 Å². The van der Waals surface area contributed by atoms with Gasteiger partial charge in [-0.15, -0.1) is 0 Å². The Labute approximate surface area is 209 Å². The van der Waals surface area contributed by atoms with Crippen molar-refractivity contribution in [3.05, 3.63) is 50.3 Å². The van der Waals surface area contributed by atoms with E-state index in [-0.39, 0.29) is 43.1 Å². The first kappa shape index (κ1) is 22.3. The normalized spacial score (nSPS) is 22.4. The number of cyclic esters (lactones) is 1. The fourth-order valence-corrected chi connectivity index (χ4v) is 6.17. The third kappa shape index (κ3) is 2.83. The van der Waals surface area contributed by atoms with Crippen LogP contribution in [0.25, 0.3) is 22.3 Å². The Hall–Kier alpha value is -3.96. The zero-order valence-corrected chi connectivity index (χ0v) is 19.9. The van der Waals surface area contributed by atoms with Gasteiger partial charge < -0.3 is 34.3 Å². The van der Waals surface area contributed by atoms with E-state index in [9.17, 15) is 24.6 Å². The van der Waals surface area contributed by atoms with Gasteiger partial charge in [0.2, 0.25) is 12.7 Å². The Balaban J connectivity index is 1.52. The number of esters is 1. The van der Waals surface area contributed by atoms with Crippen molar-refractivity contribution < 1.29 is 34.0 Å². The van der Waals surface area contributed by atoms with Gasteiger partial charge in [0.1, 0.15) is 13.2 Å². The maximum absolute atomic E-state index is 13.6. The number of rotatable bonds is 3. The minimum atomic E-state index is -1.92. The van der Waals surface area contributed by atoms with Gasteiger partial charge in [-0.05, 0) is 30.9 Å². The molecule has 11 heteroatoms. The minimum Gasteiger partial charge on any atom is -0.458 e. The molecule has 3 aromatic rings. The summed E-state index contributed by atoms with van der Waals surface area (Å²) < 4.78 is 18.1. The molecule has 0 bridgehead atoms. The fourth-order valence-electron chi connectivity index (χ4n) is 6.17. The van der Waals surface area contributed by atoms with E-state index in [1.54, 1.807) is 23.6 Å². The van der Waals surface area contributed by atoms with Gasteiger partial charge in [-0.3, -0.25) is 9.59 Å². The first-order valence-electron chi connectivity index (χ1n) is 12.2. The van der Waals surface area contributed by atoms with Gasteiger partial charge in [-0.25, -0.2) is 9.78 Å². The SMILES string of the molecule is CC[C@@]1(O)C(=O)OCc2c1cc1n(c2=O)Cc2c-1nc1cc3c(c4c1c2[C@@H](NC(=O)CO)CC4)OCO3. The number of ether oxygens (including phenoxy) is 3. The van der Waals surface area contributed by atoms with Crippen molar-refractivity contribution in [2.75, 3.05) is 13.4 Å².